The predicted molar refractivity (Wildman–Crippen MR) is 74.9 cm³/mol. The SMILES string of the molecule is CCCCc1ncc(C(OCC)[Si](C)(C)C)[nH]1. The van der Waals surface area contributed by atoms with E-state index in [4.69, 9.17) is 4.74 Å². The van der Waals surface area contributed by atoms with Gasteiger partial charge in [-0.3, -0.25) is 0 Å². The van der Waals surface area contributed by atoms with E-state index in [-0.39, 0.29) is 5.73 Å². The average molecular weight is 254 g/mol. The Kier molecular flexibility index (Phi) is 5.40. The molecule has 98 valence electrons. The number of aromatic amines is 1. The van der Waals surface area contributed by atoms with Crippen molar-refractivity contribution in [2.45, 2.75) is 58.5 Å². The highest BCUT2D eigenvalue weighted by Crippen LogP contribution is 2.27. The maximum absolute atomic E-state index is 5.90. The van der Waals surface area contributed by atoms with Gasteiger partial charge in [-0.1, -0.05) is 33.0 Å². The second-order valence-corrected chi connectivity index (χ2v) is 10.8. The number of nitrogens with one attached hydrogen (secondary N) is 1. The van der Waals surface area contributed by atoms with E-state index in [0.717, 1.165) is 24.5 Å². The highest BCUT2D eigenvalue weighted by atomic mass is 28.3. The van der Waals surface area contributed by atoms with Crippen LogP contribution in [0.5, 0.6) is 0 Å². The van der Waals surface area contributed by atoms with Gasteiger partial charge in [0.2, 0.25) is 0 Å². The minimum Gasteiger partial charge on any atom is -0.376 e. The Bertz CT molecular complexity index is 330. The predicted octanol–water partition coefficient (Wildman–Crippen LogP) is 3.71. The first-order chi connectivity index (χ1) is 7.99. The molecule has 0 spiro atoms. The minimum absolute atomic E-state index is 0.232. The lowest BCUT2D eigenvalue weighted by atomic mass is 10.2. The van der Waals surface area contributed by atoms with Crippen LogP contribution in [0.4, 0.5) is 0 Å². The molecular weight excluding hydrogens is 228 g/mol. The van der Waals surface area contributed by atoms with Crippen molar-refractivity contribution in [2.24, 2.45) is 0 Å². The van der Waals surface area contributed by atoms with Crippen LogP contribution in [-0.4, -0.2) is 24.6 Å². The smallest absolute Gasteiger partial charge is 0.106 e. The summed E-state index contributed by atoms with van der Waals surface area (Å²) in [5.74, 6) is 1.10. The third-order valence-electron chi connectivity index (χ3n) is 2.82. The largest absolute Gasteiger partial charge is 0.376 e. The Hall–Kier alpha value is -0.613. The summed E-state index contributed by atoms with van der Waals surface area (Å²) < 4.78 is 5.90. The van der Waals surface area contributed by atoms with E-state index in [0.29, 0.717) is 0 Å². The second-order valence-electron chi connectivity index (χ2n) is 5.59. The molecule has 1 aromatic heterocycles. The van der Waals surface area contributed by atoms with Crippen molar-refractivity contribution >= 4 is 8.07 Å². The molecule has 1 atom stereocenters. The van der Waals surface area contributed by atoms with Crippen LogP contribution in [0.25, 0.3) is 0 Å². The third kappa shape index (κ3) is 4.28. The molecule has 0 aromatic carbocycles. The molecule has 1 N–H and O–H groups in total. The van der Waals surface area contributed by atoms with Crippen molar-refractivity contribution in [3.63, 3.8) is 0 Å². The van der Waals surface area contributed by atoms with Gasteiger partial charge in [-0.2, -0.15) is 0 Å². The highest BCUT2D eigenvalue weighted by Gasteiger charge is 2.30. The fourth-order valence-electron chi connectivity index (χ4n) is 1.96. The number of aromatic nitrogens is 2. The molecule has 0 amide bonds. The van der Waals surface area contributed by atoms with E-state index in [1.807, 2.05) is 6.20 Å². The van der Waals surface area contributed by atoms with E-state index in [1.54, 1.807) is 0 Å². The summed E-state index contributed by atoms with van der Waals surface area (Å²) in [6, 6.07) is 0. The van der Waals surface area contributed by atoms with Crippen LogP contribution >= 0.6 is 0 Å². The Morgan fingerprint density at radius 2 is 2.06 bits per heavy atom. The molecule has 0 radical (unpaired) electrons. The van der Waals surface area contributed by atoms with Crippen LogP contribution in [-0.2, 0) is 11.2 Å². The topological polar surface area (TPSA) is 37.9 Å². The van der Waals surface area contributed by atoms with Crippen LogP contribution < -0.4 is 0 Å². The number of ether oxygens (including phenoxy) is 1. The zero-order valence-corrected chi connectivity index (χ0v) is 12.8. The summed E-state index contributed by atoms with van der Waals surface area (Å²) in [4.78, 5) is 7.90. The Morgan fingerprint density at radius 1 is 1.35 bits per heavy atom. The van der Waals surface area contributed by atoms with Crippen molar-refractivity contribution in [3.05, 3.63) is 17.7 Å². The van der Waals surface area contributed by atoms with Crippen molar-refractivity contribution in [1.82, 2.24) is 9.97 Å². The molecule has 0 aliphatic rings. The van der Waals surface area contributed by atoms with Crippen LogP contribution in [0.15, 0.2) is 6.20 Å². The molecule has 0 saturated heterocycles. The molecule has 0 saturated carbocycles. The molecule has 0 fully saturated rings. The molecular formula is C13H26N2OSi. The number of rotatable bonds is 7. The van der Waals surface area contributed by atoms with Gasteiger partial charge in [-0.15, -0.1) is 0 Å². The maximum Gasteiger partial charge on any atom is 0.106 e. The molecule has 0 bridgehead atoms. The van der Waals surface area contributed by atoms with Crippen molar-refractivity contribution in [1.29, 1.82) is 0 Å². The number of nitrogens with zero attached hydrogens (tertiary/aromatic N) is 1. The Balaban J connectivity index is 2.77. The summed E-state index contributed by atoms with van der Waals surface area (Å²) in [5, 5.41) is 0. The van der Waals surface area contributed by atoms with Crippen LogP contribution in [0.1, 0.15) is 43.9 Å². The Morgan fingerprint density at radius 3 is 2.59 bits per heavy atom. The molecule has 1 unspecified atom stereocenters. The van der Waals surface area contributed by atoms with Gasteiger partial charge in [-0.25, -0.2) is 4.98 Å². The molecule has 1 heterocycles. The lowest BCUT2D eigenvalue weighted by Crippen LogP contribution is -2.33. The maximum atomic E-state index is 5.90. The van der Waals surface area contributed by atoms with Gasteiger partial charge < -0.3 is 9.72 Å². The van der Waals surface area contributed by atoms with Gasteiger partial charge in [0, 0.05) is 13.0 Å². The van der Waals surface area contributed by atoms with E-state index in [1.165, 1.54) is 12.8 Å². The zero-order chi connectivity index (χ0) is 12.9. The first kappa shape index (κ1) is 14.4. The summed E-state index contributed by atoms with van der Waals surface area (Å²) in [5.41, 5.74) is 1.40. The quantitative estimate of drug-likeness (QED) is 0.753. The van der Waals surface area contributed by atoms with Crippen molar-refractivity contribution in [3.8, 4) is 0 Å². The van der Waals surface area contributed by atoms with Gasteiger partial charge in [-0.05, 0) is 13.3 Å². The lowest BCUT2D eigenvalue weighted by molar-refractivity contribution is 0.109. The normalized spacial score (nSPS) is 13.9. The fraction of sp³-hybridized carbons (Fsp3) is 0.769. The first-order valence-corrected chi connectivity index (χ1v) is 10.2. The second kappa shape index (κ2) is 6.35. The molecule has 1 aromatic rings. The lowest BCUT2D eigenvalue weighted by Gasteiger charge is -2.27. The van der Waals surface area contributed by atoms with Crippen molar-refractivity contribution in [2.75, 3.05) is 6.61 Å². The van der Waals surface area contributed by atoms with E-state index in [2.05, 4.69) is 43.5 Å². The van der Waals surface area contributed by atoms with Gasteiger partial charge in [0.25, 0.3) is 0 Å². The van der Waals surface area contributed by atoms with Gasteiger partial charge in [0.1, 0.15) is 5.82 Å². The van der Waals surface area contributed by atoms with Crippen LogP contribution in [0, 0.1) is 0 Å². The standard InChI is InChI=1S/C13H26N2OSi/c1-6-8-9-12-14-10-11(15-12)13(16-7-2)17(3,4)5/h10,13H,6-9H2,1-5H3,(H,14,15). The number of hydrogen-bond acceptors (Lipinski definition) is 2. The third-order valence-corrected chi connectivity index (χ3v) is 4.87. The van der Waals surface area contributed by atoms with Crippen LogP contribution in [0.3, 0.4) is 0 Å². The molecule has 4 heteroatoms. The summed E-state index contributed by atoms with van der Waals surface area (Å²) >= 11 is 0. The molecule has 1 rings (SSSR count). The van der Waals surface area contributed by atoms with E-state index in [9.17, 15) is 0 Å². The van der Waals surface area contributed by atoms with Gasteiger partial charge in [0.15, 0.2) is 0 Å². The first-order valence-electron chi connectivity index (χ1n) is 6.64. The molecule has 17 heavy (non-hydrogen) atoms. The zero-order valence-electron chi connectivity index (χ0n) is 11.8. The average Bonchev–Trinajstić information content (AvgIpc) is 2.69. The van der Waals surface area contributed by atoms with Gasteiger partial charge >= 0.3 is 0 Å². The molecule has 0 aliphatic carbocycles. The number of hydrogen-bond donors (Lipinski definition) is 1. The van der Waals surface area contributed by atoms with E-state index < -0.39 is 8.07 Å². The Labute approximate surface area is 106 Å². The number of aryl methyl sites for hydroxylation is 1. The minimum atomic E-state index is -1.36. The number of unbranched alkanes of at least 4 members (excludes halogenated alkanes) is 1. The molecule has 0 aliphatic heterocycles. The number of imidazole rings is 1. The highest BCUT2D eigenvalue weighted by molar-refractivity contribution is 6.77. The monoisotopic (exact) mass is 254 g/mol. The number of H-pyrrole nitrogens is 1. The fourth-order valence-corrected chi connectivity index (χ4v) is 3.70. The van der Waals surface area contributed by atoms with Gasteiger partial charge in [0.05, 0.1) is 25.7 Å². The summed E-state index contributed by atoms with van der Waals surface area (Å²) in [6.45, 7) is 12.0. The summed E-state index contributed by atoms with van der Waals surface area (Å²) in [7, 11) is -1.36. The van der Waals surface area contributed by atoms with Crippen LogP contribution in [0.2, 0.25) is 19.6 Å². The van der Waals surface area contributed by atoms with E-state index >= 15 is 0 Å². The summed E-state index contributed by atoms with van der Waals surface area (Å²) in [6.07, 6.45) is 5.41. The molecule has 3 nitrogen and oxygen atoms in total. The van der Waals surface area contributed by atoms with Crippen molar-refractivity contribution < 1.29 is 4.74 Å².